The first-order valence-electron chi connectivity index (χ1n) is 9.29. The van der Waals surface area contributed by atoms with Gasteiger partial charge in [0.15, 0.2) is 6.10 Å². The molecule has 0 saturated heterocycles. The number of carbonyl (C=O) groups is 1. The molecule has 26 heavy (non-hydrogen) atoms. The summed E-state index contributed by atoms with van der Waals surface area (Å²) >= 11 is 0. The predicted octanol–water partition coefficient (Wildman–Crippen LogP) is 2.85. The van der Waals surface area contributed by atoms with Crippen LogP contribution in [0.25, 0.3) is 0 Å². The number of amides is 1. The Balaban J connectivity index is 2.11. The number of nitrogens with one attached hydrogen (secondary N) is 1. The Morgan fingerprint density at radius 1 is 1.38 bits per heavy atom. The fraction of sp³-hybridized carbons (Fsp3) is 0.632. The molecule has 1 aromatic carbocycles. The standard InChI is InChI=1S/C19H30N2O4S/c1-5-7-8-15(6-2)12-20-19(22)18-13-21(26(4,23)24)16-10-9-14(3)11-17(16)25-18/h9-11,15,18H,5-8,12-13H2,1-4H3,(H,20,22)/t15-,18-/m0/s1. The third-order valence-electron chi connectivity index (χ3n) is 4.79. The lowest BCUT2D eigenvalue weighted by Gasteiger charge is -2.34. The summed E-state index contributed by atoms with van der Waals surface area (Å²) < 4.78 is 31.4. The van der Waals surface area contributed by atoms with Crippen LogP contribution in [0.15, 0.2) is 18.2 Å². The number of anilines is 1. The molecule has 0 fully saturated rings. The number of hydrogen-bond donors (Lipinski definition) is 1. The van der Waals surface area contributed by atoms with Crippen molar-refractivity contribution in [1.82, 2.24) is 5.32 Å². The summed E-state index contributed by atoms with van der Waals surface area (Å²) in [6.07, 6.45) is 4.66. The van der Waals surface area contributed by atoms with E-state index in [4.69, 9.17) is 4.74 Å². The van der Waals surface area contributed by atoms with Gasteiger partial charge in [-0.15, -0.1) is 0 Å². The summed E-state index contributed by atoms with van der Waals surface area (Å²) in [4.78, 5) is 12.6. The van der Waals surface area contributed by atoms with Crippen LogP contribution in [0.5, 0.6) is 5.75 Å². The van der Waals surface area contributed by atoms with E-state index in [2.05, 4.69) is 19.2 Å². The fourth-order valence-corrected chi connectivity index (χ4v) is 4.03. The van der Waals surface area contributed by atoms with Gasteiger partial charge in [0.05, 0.1) is 18.5 Å². The summed E-state index contributed by atoms with van der Waals surface area (Å²) in [6.45, 7) is 6.76. The van der Waals surface area contributed by atoms with Gasteiger partial charge in [-0.05, 0) is 37.0 Å². The van der Waals surface area contributed by atoms with Gasteiger partial charge in [0, 0.05) is 6.54 Å². The van der Waals surface area contributed by atoms with Gasteiger partial charge < -0.3 is 10.1 Å². The first-order chi connectivity index (χ1) is 12.3. The van der Waals surface area contributed by atoms with E-state index in [9.17, 15) is 13.2 Å². The highest BCUT2D eigenvalue weighted by atomic mass is 32.2. The molecule has 1 heterocycles. The Labute approximate surface area is 157 Å². The monoisotopic (exact) mass is 382 g/mol. The Morgan fingerprint density at radius 3 is 2.73 bits per heavy atom. The number of ether oxygens (including phenoxy) is 1. The minimum atomic E-state index is -3.49. The van der Waals surface area contributed by atoms with E-state index in [1.807, 2.05) is 13.0 Å². The number of benzene rings is 1. The van der Waals surface area contributed by atoms with Gasteiger partial charge in [-0.2, -0.15) is 0 Å². The van der Waals surface area contributed by atoms with Crippen molar-refractivity contribution < 1.29 is 17.9 Å². The predicted molar refractivity (Wildman–Crippen MR) is 104 cm³/mol. The van der Waals surface area contributed by atoms with Crippen molar-refractivity contribution in [3.63, 3.8) is 0 Å². The molecule has 0 aromatic heterocycles. The van der Waals surface area contributed by atoms with E-state index >= 15 is 0 Å². The van der Waals surface area contributed by atoms with Crippen molar-refractivity contribution in [3.8, 4) is 5.75 Å². The average molecular weight is 383 g/mol. The lowest BCUT2D eigenvalue weighted by Crippen LogP contribution is -2.51. The molecule has 1 aromatic rings. The number of aryl methyl sites for hydroxylation is 1. The van der Waals surface area contributed by atoms with E-state index in [1.54, 1.807) is 12.1 Å². The molecule has 1 N–H and O–H groups in total. The Bertz CT molecular complexity index is 733. The first kappa shape index (κ1) is 20.6. The molecule has 0 aliphatic carbocycles. The molecule has 0 unspecified atom stereocenters. The van der Waals surface area contributed by atoms with Crippen LogP contribution >= 0.6 is 0 Å². The maximum Gasteiger partial charge on any atom is 0.263 e. The zero-order valence-corrected chi connectivity index (χ0v) is 16.9. The maximum atomic E-state index is 12.6. The molecule has 146 valence electrons. The van der Waals surface area contributed by atoms with Gasteiger partial charge in [-0.3, -0.25) is 9.10 Å². The average Bonchev–Trinajstić information content (AvgIpc) is 2.59. The van der Waals surface area contributed by atoms with Crippen molar-refractivity contribution in [1.29, 1.82) is 0 Å². The molecule has 1 amide bonds. The van der Waals surface area contributed by atoms with Crippen LogP contribution in [0.2, 0.25) is 0 Å². The molecule has 7 heteroatoms. The SMILES string of the molecule is CCCC[C@H](CC)CNC(=O)[C@@H]1CN(S(C)(=O)=O)c2ccc(C)cc2O1. The van der Waals surface area contributed by atoms with Crippen LogP contribution in [-0.4, -0.2) is 39.8 Å². The second-order valence-corrected chi connectivity index (χ2v) is 8.94. The molecule has 2 atom stereocenters. The van der Waals surface area contributed by atoms with Crippen molar-refractivity contribution in [3.05, 3.63) is 23.8 Å². The van der Waals surface area contributed by atoms with E-state index < -0.39 is 16.1 Å². The maximum absolute atomic E-state index is 12.6. The Hall–Kier alpha value is -1.76. The lowest BCUT2D eigenvalue weighted by atomic mass is 9.99. The number of unbranched alkanes of at least 4 members (excludes halogenated alkanes) is 1. The number of nitrogens with zero attached hydrogens (tertiary/aromatic N) is 1. The highest BCUT2D eigenvalue weighted by molar-refractivity contribution is 7.92. The normalized spacial score (nSPS) is 18.0. The first-order valence-corrected chi connectivity index (χ1v) is 11.1. The molecular formula is C19H30N2O4S. The largest absolute Gasteiger partial charge is 0.476 e. The van der Waals surface area contributed by atoms with E-state index in [0.29, 0.717) is 23.9 Å². The molecule has 0 bridgehead atoms. The number of fused-ring (bicyclic) bond motifs is 1. The fourth-order valence-electron chi connectivity index (χ4n) is 3.11. The van der Waals surface area contributed by atoms with Crippen molar-refractivity contribution in [2.75, 3.05) is 23.7 Å². The summed E-state index contributed by atoms with van der Waals surface area (Å²) in [5.74, 6) is 0.601. The highest BCUT2D eigenvalue weighted by Gasteiger charge is 2.35. The second kappa shape index (κ2) is 8.75. The minimum absolute atomic E-state index is 0.00746. The molecule has 1 aliphatic heterocycles. The van der Waals surface area contributed by atoms with Crippen LogP contribution < -0.4 is 14.4 Å². The topological polar surface area (TPSA) is 75.7 Å². The number of sulfonamides is 1. The van der Waals surface area contributed by atoms with Gasteiger partial charge in [0.25, 0.3) is 5.91 Å². The third kappa shape index (κ3) is 5.13. The van der Waals surface area contributed by atoms with Crippen LogP contribution in [-0.2, 0) is 14.8 Å². The van der Waals surface area contributed by atoms with Gasteiger partial charge in [-0.1, -0.05) is 39.2 Å². The molecular weight excluding hydrogens is 352 g/mol. The van der Waals surface area contributed by atoms with Crippen LogP contribution in [0.4, 0.5) is 5.69 Å². The van der Waals surface area contributed by atoms with Gasteiger partial charge in [0.2, 0.25) is 10.0 Å². The summed E-state index contributed by atoms with van der Waals surface area (Å²) in [6, 6.07) is 5.32. The molecule has 0 spiro atoms. The molecule has 0 saturated carbocycles. The minimum Gasteiger partial charge on any atom is -0.476 e. The number of rotatable bonds is 8. The van der Waals surface area contributed by atoms with Crippen molar-refractivity contribution in [2.45, 2.75) is 52.6 Å². The Morgan fingerprint density at radius 2 is 2.12 bits per heavy atom. The lowest BCUT2D eigenvalue weighted by molar-refractivity contribution is -0.127. The van der Waals surface area contributed by atoms with E-state index in [0.717, 1.165) is 37.5 Å². The number of hydrogen-bond acceptors (Lipinski definition) is 4. The van der Waals surface area contributed by atoms with E-state index in [1.165, 1.54) is 4.31 Å². The summed E-state index contributed by atoms with van der Waals surface area (Å²) in [7, 11) is -3.49. The highest BCUT2D eigenvalue weighted by Crippen LogP contribution is 2.35. The van der Waals surface area contributed by atoms with Crippen molar-refractivity contribution in [2.24, 2.45) is 5.92 Å². The van der Waals surface area contributed by atoms with Crippen LogP contribution in [0.1, 0.15) is 45.1 Å². The summed E-state index contributed by atoms with van der Waals surface area (Å²) in [5, 5.41) is 2.94. The van der Waals surface area contributed by atoms with Crippen molar-refractivity contribution >= 4 is 21.6 Å². The van der Waals surface area contributed by atoms with Crippen LogP contribution in [0, 0.1) is 12.8 Å². The Kier molecular flexibility index (Phi) is 6.92. The molecule has 1 aliphatic rings. The van der Waals surface area contributed by atoms with Gasteiger partial charge in [0.1, 0.15) is 5.75 Å². The third-order valence-corrected chi connectivity index (χ3v) is 5.93. The second-order valence-electron chi connectivity index (χ2n) is 7.03. The zero-order chi connectivity index (χ0) is 19.3. The number of carbonyl (C=O) groups excluding carboxylic acids is 1. The van der Waals surface area contributed by atoms with E-state index in [-0.39, 0.29) is 12.5 Å². The summed E-state index contributed by atoms with van der Waals surface area (Å²) in [5.41, 5.74) is 1.43. The molecule has 0 radical (unpaired) electrons. The van der Waals surface area contributed by atoms with Gasteiger partial charge >= 0.3 is 0 Å². The zero-order valence-electron chi connectivity index (χ0n) is 16.1. The molecule has 2 rings (SSSR count). The van der Waals surface area contributed by atoms with Gasteiger partial charge in [-0.25, -0.2) is 8.42 Å². The smallest absolute Gasteiger partial charge is 0.263 e. The molecule has 6 nitrogen and oxygen atoms in total. The van der Waals surface area contributed by atoms with Crippen LogP contribution in [0.3, 0.4) is 0 Å². The quantitative estimate of drug-likeness (QED) is 0.750.